The predicted molar refractivity (Wildman–Crippen MR) is 41.4 cm³/mol. The molecule has 56 valence electrons. The zero-order valence-electron chi connectivity index (χ0n) is 6.58. The third kappa shape index (κ3) is 1.28. The average Bonchev–Trinajstić information content (AvgIpc) is 1.88. The van der Waals surface area contributed by atoms with E-state index in [2.05, 4.69) is 0 Å². The third-order valence-corrected chi connectivity index (χ3v) is 2.00. The van der Waals surface area contributed by atoms with Crippen molar-refractivity contribution in [2.45, 2.75) is 33.1 Å². The van der Waals surface area contributed by atoms with Crippen LogP contribution in [0.15, 0.2) is 23.0 Å². The average molecular weight is 140 g/mol. The SMILES string of the molecule is CCC1=C(C)CCC=C1F. The van der Waals surface area contributed by atoms with E-state index in [1.54, 1.807) is 6.08 Å². The summed E-state index contributed by atoms with van der Waals surface area (Å²) >= 11 is 0. The molecule has 0 bridgehead atoms. The molecule has 0 saturated heterocycles. The first-order chi connectivity index (χ1) is 4.75. The van der Waals surface area contributed by atoms with E-state index in [0.29, 0.717) is 0 Å². The van der Waals surface area contributed by atoms with Gasteiger partial charge in [-0.05, 0) is 37.8 Å². The lowest BCUT2D eigenvalue weighted by atomic mass is 9.96. The Morgan fingerprint density at radius 2 is 2.30 bits per heavy atom. The minimum Gasteiger partial charge on any atom is -0.207 e. The highest BCUT2D eigenvalue weighted by molar-refractivity contribution is 5.32. The Morgan fingerprint density at radius 3 is 2.70 bits per heavy atom. The maximum atomic E-state index is 12.9. The lowest BCUT2D eigenvalue weighted by Gasteiger charge is -2.12. The molecule has 0 atom stereocenters. The Bertz CT molecular complexity index is 187. The van der Waals surface area contributed by atoms with Crippen molar-refractivity contribution in [3.8, 4) is 0 Å². The van der Waals surface area contributed by atoms with Gasteiger partial charge in [-0.1, -0.05) is 12.5 Å². The van der Waals surface area contributed by atoms with E-state index < -0.39 is 0 Å². The molecule has 0 unspecified atom stereocenters. The molecule has 0 radical (unpaired) electrons. The van der Waals surface area contributed by atoms with Crippen molar-refractivity contribution in [1.82, 2.24) is 0 Å². The van der Waals surface area contributed by atoms with E-state index in [1.165, 1.54) is 5.57 Å². The van der Waals surface area contributed by atoms with Gasteiger partial charge in [-0.3, -0.25) is 0 Å². The molecule has 0 aromatic carbocycles. The highest BCUT2D eigenvalue weighted by atomic mass is 19.1. The first kappa shape index (κ1) is 7.52. The standard InChI is InChI=1S/C9H13F/c1-3-8-7(2)5-4-6-9(8)10/h6H,3-5H2,1-2H3. The van der Waals surface area contributed by atoms with Crippen LogP contribution < -0.4 is 0 Å². The fourth-order valence-electron chi connectivity index (χ4n) is 1.36. The first-order valence-corrected chi connectivity index (χ1v) is 3.80. The van der Waals surface area contributed by atoms with Crippen LogP contribution in [0.1, 0.15) is 33.1 Å². The molecule has 0 aromatic rings. The zero-order chi connectivity index (χ0) is 7.56. The first-order valence-electron chi connectivity index (χ1n) is 3.80. The second-order valence-electron chi connectivity index (χ2n) is 2.70. The highest BCUT2D eigenvalue weighted by Gasteiger charge is 2.09. The molecule has 0 saturated carbocycles. The molecule has 0 fully saturated rings. The molecular weight excluding hydrogens is 127 g/mol. The minimum absolute atomic E-state index is 0.00579. The monoisotopic (exact) mass is 140 g/mol. The second-order valence-corrected chi connectivity index (χ2v) is 2.70. The van der Waals surface area contributed by atoms with Crippen LogP contribution in [-0.4, -0.2) is 0 Å². The van der Waals surface area contributed by atoms with Crippen molar-refractivity contribution in [2.75, 3.05) is 0 Å². The normalized spacial score (nSPS) is 19.3. The van der Waals surface area contributed by atoms with Gasteiger partial charge in [-0.25, -0.2) is 4.39 Å². The van der Waals surface area contributed by atoms with Crippen LogP contribution >= 0.6 is 0 Å². The van der Waals surface area contributed by atoms with Crippen molar-refractivity contribution in [2.24, 2.45) is 0 Å². The van der Waals surface area contributed by atoms with E-state index in [9.17, 15) is 4.39 Å². The number of hydrogen-bond donors (Lipinski definition) is 0. The van der Waals surface area contributed by atoms with Crippen molar-refractivity contribution in [1.29, 1.82) is 0 Å². The third-order valence-electron chi connectivity index (χ3n) is 2.00. The topological polar surface area (TPSA) is 0 Å². The summed E-state index contributed by atoms with van der Waals surface area (Å²) in [6.45, 7) is 4.02. The van der Waals surface area contributed by atoms with E-state index >= 15 is 0 Å². The molecule has 1 heteroatoms. The highest BCUT2D eigenvalue weighted by Crippen LogP contribution is 2.27. The van der Waals surface area contributed by atoms with Crippen LogP contribution in [0.3, 0.4) is 0 Å². The number of halogens is 1. The molecular formula is C9H13F. The van der Waals surface area contributed by atoms with Gasteiger partial charge >= 0.3 is 0 Å². The zero-order valence-corrected chi connectivity index (χ0v) is 6.58. The summed E-state index contributed by atoms with van der Waals surface area (Å²) in [5.74, 6) is 0.00579. The molecule has 0 heterocycles. The maximum absolute atomic E-state index is 12.9. The maximum Gasteiger partial charge on any atom is 0.122 e. The van der Waals surface area contributed by atoms with Gasteiger partial charge < -0.3 is 0 Å². The smallest absolute Gasteiger partial charge is 0.122 e. The summed E-state index contributed by atoms with van der Waals surface area (Å²) in [5, 5.41) is 0. The molecule has 10 heavy (non-hydrogen) atoms. The van der Waals surface area contributed by atoms with Gasteiger partial charge in [-0.2, -0.15) is 0 Å². The summed E-state index contributed by atoms with van der Waals surface area (Å²) in [7, 11) is 0. The lowest BCUT2D eigenvalue weighted by Crippen LogP contribution is -1.94. The summed E-state index contributed by atoms with van der Waals surface area (Å²) in [6.07, 6.45) is 4.43. The van der Waals surface area contributed by atoms with Crippen LogP contribution in [0, 0.1) is 0 Å². The van der Waals surface area contributed by atoms with Gasteiger partial charge in [0.2, 0.25) is 0 Å². The van der Waals surface area contributed by atoms with Crippen LogP contribution in [0.4, 0.5) is 4.39 Å². The van der Waals surface area contributed by atoms with Crippen molar-refractivity contribution < 1.29 is 4.39 Å². The largest absolute Gasteiger partial charge is 0.207 e. The van der Waals surface area contributed by atoms with Crippen LogP contribution in [0.2, 0.25) is 0 Å². The molecule has 0 amide bonds. The predicted octanol–water partition coefficient (Wildman–Crippen LogP) is 3.36. The Hall–Kier alpha value is -0.590. The number of rotatable bonds is 1. The summed E-state index contributed by atoms with van der Waals surface area (Å²) in [5.41, 5.74) is 2.15. The second kappa shape index (κ2) is 3.00. The Labute approximate surface area is 61.4 Å². The number of allylic oxidation sites excluding steroid dienone is 4. The summed E-state index contributed by atoms with van der Waals surface area (Å²) in [6, 6.07) is 0. The summed E-state index contributed by atoms with van der Waals surface area (Å²) in [4.78, 5) is 0. The molecule has 0 aromatic heterocycles. The Morgan fingerprint density at radius 1 is 1.60 bits per heavy atom. The molecule has 0 N–H and O–H groups in total. The van der Waals surface area contributed by atoms with Crippen LogP contribution in [0.5, 0.6) is 0 Å². The van der Waals surface area contributed by atoms with Gasteiger partial charge in [0.25, 0.3) is 0 Å². The number of hydrogen-bond acceptors (Lipinski definition) is 0. The molecule has 0 nitrogen and oxygen atoms in total. The van der Waals surface area contributed by atoms with Crippen LogP contribution in [0.25, 0.3) is 0 Å². The van der Waals surface area contributed by atoms with Gasteiger partial charge in [0.15, 0.2) is 0 Å². The van der Waals surface area contributed by atoms with E-state index in [0.717, 1.165) is 24.8 Å². The van der Waals surface area contributed by atoms with E-state index in [-0.39, 0.29) is 5.83 Å². The molecule has 0 spiro atoms. The summed E-state index contributed by atoms with van der Waals surface area (Å²) < 4.78 is 12.9. The van der Waals surface area contributed by atoms with Gasteiger partial charge in [-0.15, -0.1) is 0 Å². The quantitative estimate of drug-likeness (QED) is 0.524. The van der Waals surface area contributed by atoms with Gasteiger partial charge in [0.1, 0.15) is 5.83 Å². The Kier molecular flexibility index (Phi) is 2.25. The molecule has 0 aliphatic heterocycles. The molecule has 1 aliphatic carbocycles. The van der Waals surface area contributed by atoms with E-state index in [1.807, 2.05) is 13.8 Å². The van der Waals surface area contributed by atoms with Crippen molar-refractivity contribution in [3.05, 3.63) is 23.0 Å². The van der Waals surface area contributed by atoms with E-state index in [4.69, 9.17) is 0 Å². The lowest BCUT2D eigenvalue weighted by molar-refractivity contribution is 0.619. The minimum atomic E-state index is 0.00579. The Balaban J connectivity index is 2.87. The fourth-order valence-corrected chi connectivity index (χ4v) is 1.36. The van der Waals surface area contributed by atoms with Gasteiger partial charge in [0.05, 0.1) is 0 Å². The van der Waals surface area contributed by atoms with Crippen LogP contribution in [-0.2, 0) is 0 Å². The van der Waals surface area contributed by atoms with Crippen molar-refractivity contribution >= 4 is 0 Å². The fraction of sp³-hybridized carbons (Fsp3) is 0.556. The van der Waals surface area contributed by atoms with Gasteiger partial charge in [0, 0.05) is 0 Å². The molecule has 1 aliphatic rings. The molecule has 1 rings (SSSR count). The van der Waals surface area contributed by atoms with Crippen molar-refractivity contribution in [3.63, 3.8) is 0 Å².